The number of anilines is 2. The van der Waals surface area contributed by atoms with Crippen LogP contribution in [0.25, 0.3) is 0 Å². The van der Waals surface area contributed by atoms with Gasteiger partial charge in [-0.1, -0.05) is 0 Å². The lowest BCUT2D eigenvalue weighted by Gasteiger charge is -2.27. The zero-order valence-corrected chi connectivity index (χ0v) is 14.9. The molecule has 3 rings (SSSR count). The number of rotatable bonds is 7. The van der Waals surface area contributed by atoms with Gasteiger partial charge in [0, 0.05) is 25.3 Å². The summed E-state index contributed by atoms with van der Waals surface area (Å²) in [7, 11) is 1.86. The smallest absolute Gasteiger partial charge is 0.253 e. The fourth-order valence-corrected chi connectivity index (χ4v) is 3.10. The van der Waals surface area contributed by atoms with Crippen molar-refractivity contribution in [3.8, 4) is 0 Å². The minimum Gasteiger partial charge on any atom is -0.370 e. The Morgan fingerprint density at radius 1 is 1.50 bits per heavy atom. The van der Waals surface area contributed by atoms with E-state index < -0.39 is 11.9 Å². The maximum Gasteiger partial charge on any atom is 0.253 e. The molecule has 8 heteroatoms. The number of carbonyl (C=O) groups excluding carboxylic acids is 2. The second-order valence-electron chi connectivity index (χ2n) is 6.89. The molecular formula is C18H25FN4O3. The topological polar surface area (TPSA) is 87.9 Å². The van der Waals surface area contributed by atoms with Crippen molar-refractivity contribution in [2.75, 3.05) is 50.1 Å². The predicted molar refractivity (Wildman–Crippen MR) is 96.4 cm³/mol. The first-order valence-corrected chi connectivity index (χ1v) is 8.88. The summed E-state index contributed by atoms with van der Waals surface area (Å²) in [5, 5.41) is 2.61. The third kappa shape index (κ3) is 4.38. The van der Waals surface area contributed by atoms with Crippen LogP contribution in [0.4, 0.5) is 15.8 Å². The number of amides is 2. The van der Waals surface area contributed by atoms with Gasteiger partial charge in [-0.3, -0.25) is 14.5 Å². The van der Waals surface area contributed by atoms with Crippen molar-refractivity contribution in [3.63, 3.8) is 0 Å². The fourth-order valence-electron chi connectivity index (χ4n) is 3.10. The van der Waals surface area contributed by atoms with Gasteiger partial charge in [-0.05, 0) is 44.0 Å². The third-order valence-electron chi connectivity index (χ3n) is 4.81. The van der Waals surface area contributed by atoms with E-state index in [2.05, 4.69) is 5.32 Å². The largest absolute Gasteiger partial charge is 0.370 e. The van der Waals surface area contributed by atoms with Crippen molar-refractivity contribution >= 4 is 23.2 Å². The molecule has 1 aromatic carbocycles. The molecule has 26 heavy (non-hydrogen) atoms. The molecule has 1 heterocycles. The van der Waals surface area contributed by atoms with Gasteiger partial charge in [0.15, 0.2) is 0 Å². The van der Waals surface area contributed by atoms with E-state index in [0.717, 1.165) is 6.54 Å². The number of ether oxygens (including phenoxy) is 1. The minimum atomic E-state index is -0.587. The maximum atomic E-state index is 14.5. The van der Waals surface area contributed by atoms with Gasteiger partial charge in [0.2, 0.25) is 5.91 Å². The van der Waals surface area contributed by atoms with Crippen molar-refractivity contribution in [1.82, 2.24) is 4.90 Å². The van der Waals surface area contributed by atoms with E-state index in [9.17, 15) is 14.0 Å². The molecule has 1 aliphatic heterocycles. The first kappa shape index (κ1) is 18.8. The van der Waals surface area contributed by atoms with Crippen molar-refractivity contribution in [2.45, 2.75) is 18.9 Å². The lowest BCUT2D eigenvalue weighted by Crippen LogP contribution is -2.47. The number of likely N-dealkylation sites (N-methyl/N-ethyl adjacent to an activating group) is 1. The van der Waals surface area contributed by atoms with Gasteiger partial charge in [-0.15, -0.1) is 0 Å². The summed E-state index contributed by atoms with van der Waals surface area (Å²) in [5.41, 5.74) is 6.28. The standard InChI is InChI=1S/C18H25FN4O3/c1-22(10-12-2-3-12)16(9-20)18(25)21-15-5-4-13(8-14(15)19)23-6-7-26-11-17(23)24/h4-5,8,12,16H,2-3,6-7,9-11,20H2,1H3,(H,21,25)/t16-/m0/s1. The number of nitrogens with one attached hydrogen (secondary N) is 1. The summed E-state index contributed by atoms with van der Waals surface area (Å²) >= 11 is 0. The number of nitrogens with zero attached hydrogens (tertiary/aromatic N) is 2. The van der Waals surface area contributed by atoms with Crippen LogP contribution < -0.4 is 16.0 Å². The highest BCUT2D eigenvalue weighted by Gasteiger charge is 2.29. The summed E-state index contributed by atoms with van der Waals surface area (Å²) < 4.78 is 19.5. The Hall–Kier alpha value is -2.03. The van der Waals surface area contributed by atoms with E-state index in [4.69, 9.17) is 10.5 Å². The molecule has 1 aliphatic carbocycles. The molecule has 0 radical (unpaired) electrons. The first-order valence-electron chi connectivity index (χ1n) is 8.88. The molecule has 0 aromatic heterocycles. The Balaban J connectivity index is 1.66. The lowest BCUT2D eigenvalue weighted by molar-refractivity contribution is -0.125. The lowest BCUT2D eigenvalue weighted by atomic mass is 10.2. The molecule has 0 unspecified atom stereocenters. The van der Waals surface area contributed by atoms with E-state index in [1.165, 1.54) is 29.9 Å². The Bertz CT molecular complexity index is 680. The van der Waals surface area contributed by atoms with Crippen molar-refractivity contribution in [2.24, 2.45) is 11.7 Å². The Morgan fingerprint density at radius 2 is 2.27 bits per heavy atom. The molecule has 1 aromatic rings. The summed E-state index contributed by atoms with van der Waals surface area (Å²) in [4.78, 5) is 27.8. The first-order chi connectivity index (χ1) is 12.5. The van der Waals surface area contributed by atoms with E-state index in [-0.39, 0.29) is 30.7 Å². The van der Waals surface area contributed by atoms with Gasteiger partial charge in [0.25, 0.3) is 5.91 Å². The van der Waals surface area contributed by atoms with Crippen molar-refractivity contribution in [3.05, 3.63) is 24.0 Å². The Morgan fingerprint density at radius 3 is 2.88 bits per heavy atom. The minimum absolute atomic E-state index is 0.00832. The van der Waals surface area contributed by atoms with E-state index in [1.54, 1.807) is 6.07 Å². The summed E-state index contributed by atoms with van der Waals surface area (Å²) in [6, 6.07) is 3.84. The van der Waals surface area contributed by atoms with Gasteiger partial charge in [0.1, 0.15) is 18.5 Å². The molecular weight excluding hydrogens is 339 g/mol. The van der Waals surface area contributed by atoms with E-state index in [1.807, 2.05) is 11.9 Å². The Labute approximate surface area is 152 Å². The van der Waals surface area contributed by atoms with Crippen LogP contribution in [0.5, 0.6) is 0 Å². The number of carbonyl (C=O) groups is 2. The molecule has 142 valence electrons. The second kappa shape index (κ2) is 8.11. The van der Waals surface area contributed by atoms with Crippen LogP contribution in [0.15, 0.2) is 18.2 Å². The fraction of sp³-hybridized carbons (Fsp3) is 0.556. The number of halogens is 1. The van der Waals surface area contributed by atoms with Crippen LogP contribution in [-0.4, -0.2) is 62.7 Å². The zero-order valence-electron chi connectivity index (χ0n) is 14.9. The van der Waals surface area contributed by atoms with Crippen LogP contribution in [0.3, 0.4) is 0 Å². The van der Waals surface area contributed by atoms with Gasteiger partial charge in [0.05, 0.1) is 12.3 Å². The molecule has 0 bridgehead atoms. The average molecular weight is 364 g/mol. The number of benzene rings is 1. The monoisotopic (exact) mass is 364 g/mol. The number of hydrogen-bond acceptors (Lipinski definition) is 5. The second-order valence-corrected chi connectivity index (χ2v) is 6.89. The van der Waals surface area contributed by atoms with Gasteiger partial charge < -0.3 is 20.7 Å². The number of nitrogens with two attached hydrogens (primary N) is 1. The Kier molecular flexibility index (Phi) is 5.85. The third-order valence-corrected chi connectivity index (χ3v) is 4.81. The summed E-state index contributed by atoms with van der Waals surface area (Å²) in [5.74, 6) is -0.498. The normalized spacial score (nSPS) is 18.9. The summed E-state index contributed by atoms with van der Waals surface area (Å²) in [6.07, 6.45) is 2.36. The quantitative estimate of drug-likeness (QED) is 0.747. The van der Waals surface area contributed by atoms with Crippen LogP contribution in [0, 0.1) is 11.7 Å². The molecule has 1 atom stereocenters. The van der Waals surface area contributed by atoms with E-state index in [0.29, 0.717) is 24.8 Å². The highest BCUT2D eigenvalue weighted by molar-refractivity contribution is 5.97. The van der Waals surface area contributed by atoms with Gasteiger partial charge in [-0.25, -0.2) is 4.39 Å². The molecule has 7 nitrogen and oxygen atoms in total. The van der Waals surface area contributed by atoms with E-state index >= 15 is 0 Å². The number of hydrogen-bond donors (Lipinski definition) is 2. The summed E-state index contributed by atoms with van der Waals surface area (Å²) in [6.45, 7) is 1.76. The predicted octanol–water partition coefficient (Wildman–Crippen LogP) is 0.797. The van der Waals surface area contributed by atoms with Crippen LogP contribution >= 0.6 is 0 Å². The SMILES string of the molecule is CN(CC1CC1)[C@@H](CN)C(=O)Nc1ccc(N2CCOCC2=O)cc1F. The molecule has 2 fully saturated rings. The highest BCUT2D eigenvalue weighted by Crippen LogP contribution is 2.30. The van der Waals surface area contributed by atoms with Gasteiger partial charge >= 0.3 is 0 Å². The molecule has 2 aliphatic rings. The molecule has 3 N–H and O–H groups in total. The molecule has 2 amide bonds. The van der Waals surface area contributed by atoms with Crippen LogP contribution in [0.2, 0.25) is 0 Å². The molecule has 1 saturated carbocycles. The van der Waals surface area contributed by atoms with Crippen LogP contribution in [0.1, 0.15) is 12.8 Å². The highest BCUT2D eigenvalue weighted by atomic mass is 19.1. The van der Waals surface area contributed by atoms with Crippen molar-refractivity contribution < 1.29 is 18.7 Å². The van der Waals surface area contributed by atoms with Crippen LogP contribution in [-0.2, 0) is 14.3 Å². The zero-order chi connectivity index (χ0) is 18.7. The molecule has 0 spiro atoms. The van der Waals surface area contributed by atoms with Gasteiger partial charge in [-0.2, -0.15) is 0 Å². The average Bonchev–Trinajstić information content (AvgIpc) is 3.42. The van der Waals surface area contributed by atoms with Crippen molar-refractivity contribution in [1.29, 1.82) is 0 Å². The molecule has 1 saturated heterocycles. The maximum absolute atomic E-state index is 14.5. The number of morpholine rings is 1.